The van der Waals surface area contributed by atoms with Crippen LogP contribution in [0.4, 0.5) is 4.39 Å². The summed E-state index contributed by atoms with van der Waals surface area (Å²) in [6.07, 6.45) is 5.29. The number of nitrogens with one attached hydrogen (secondary N) is 2. The lowest BCUT2D eigenvalue weighted by Gasteiger charge is -2.19. The highest BCUT2D eigenvalue weighted by atomic mass is 32.2. The third-order valence-electron chi connectivity index (χ3n) is 3.96. The standard InChI is InChI=1S/C21H19FN2O2S/c1-14-8-16(13-27-19-5-3-2-4-18(19)22)10-17(9-14)21(26)24-20-7-6-15(12-25)11-23-20/h2-12,20,23H,13H2,1H3,(H,24,26). The second-order valence-electron chi connectivity index (χ2n) is 6.17. The van der Waals surface area contributed by atoms with Gasteiger partial charge in [0.2, 0.25) is 0 Å². The van der Waals surface area contributed by atoms with Crippen molar-refractivity contribution in [3.8, 4) is 0 Å². The maximum absolute atomic E-state index is 13.8. The average molecular weight is 382 g/mol. The molecule has 1 aliphatic rings. The quantitative estimate of drug-likeness (QED) is 0.591. The van der Waals surface area contributed by atoms with Gasteiger partial charge in [0, 0.05) is 28.0 Å². The summed E-state index contributed by atoms with van der Waals surface area (Å²) in [4.78, 5) is 23.8. The summed E-state index contributed by atoms with van der Waals surface area (Å²) in [5.74, 6) is 0.0996. The Labute approximate surface area is 161 Å². The van der Waals surface area contributed by atoms with Crippen LogP contribution < -0.4 is 10.6 Å². The maximum Gasteiger partial charge on any atom is 0.253 e. The lowest BCUT2D eigenvalue weighted by atomic mass is 10.1. The van der Waals surface area contributed by atoms with Gasteiger partial charge in [0.05, 0.1) is 0 Å². The van der Waals surface area contributed by atoms with Crippen molar-refractivity contribution < 1.29 is 14.0 Å². The van der Waals surface area contributed by atoms with Crippen LogP contribution in [0.15, 0.2) is 71.3 Å². The Morgan fingerprint density at radius 2 is 2.11 bits per heavy atom. The number of carbonyl (C=O) groups excluding carboxylic acids is 2. The number of aldehydes is 1. The Kier molecular flexibility index (Phi) is 6.08. The Hall–Kier alpha value is -2.86. The van der Waals surface area contributed by atoms with Gasteiger partial charge in [-0.25, -0.2) is 4.39 Å². The lowest BCUT2D eigenvalue weighted by Crippen LogP contribution is -2.43. The van der Waals surface area contributed by atoms with Gasteiger partial charge in [-0.3, -0.25) is 9.59 Å². The minimum atomic E-state index is -0.377. The molecule has 0 radical (unpaired) electrons. The Morgan fingerprint density at radius 3 is 2.81 bits per heavy atom. The third-order valence-corrected chi connectivity index (χ3v) is 5.08. The molecule has 0 aromatic heterocycles. The highest BCUT2D eigenvalue weighted by Gasteiger charge is 2.14. The Balaban J connectivity index is 1.67. The predicted octanol–water partition coefficient (Wildman–Crippen LogP) is 3.72. The lowest BCUT2D eigenvalue weighted by molar-refractivity contribution is -0.104. The van der Waals surface area contributed by atoms with Gasteiger partial charge in [0.15, 0.2) is 6.29 Å². The fourth-order valence-electron chi connectivity index (χ4n) is 2.68. The summed E-state index contributed by atoms with van der Waals surface area (Å²) in [6, 6.07) is 12.3. The van der Waals surface area contributed by atoms with Crippen LogP contribution in [0.5, 0.6) is 0 Å². The van der Waals surface area contributed by atoms with Crippen LogP contribution in [0.3, 0.4) is 0 Å². The molecule has 0 aliphatic carbocycles. The second kappa shape index (κ2) is 8.68. The van der Waals surface area contributed by atoms with E-state index in [1.165, 1.54) is 17.8 Å². The number of thioether (sulfide) groups is 1. The Morgan fingerprint density at radius 1 is 1.30 bits per heavy atom. The van der Waals surface area contributed by atoms with Crippen LogP contribution in [-0.2, 0) is 10.5 Å². The second-order valence-corrected chi connectivity index (χ2v) is 7.18. The number of dihydropyridines is 1. The molecule has 1 heterocycles. The number of rotatable bonds is 6. The number of carbonyl (C=O) groups is 2. The van der Waals surface area contributed by atoms with Crippen LogP contribution in [0.25, 0.3) is 0 Å². The molecule has 2 aromatic carbocycles. The van der Waals surface area contributed by atoms with E-state index in [1.54, 1.807) is 36.6 Å². The van der Waals surface area contributed by atoms with E-state index in [-0.39, 0.29) is 17.9 Å². The largest absolute Gasteiger partial charge is 0.367 e. The van der Waals surface area contributed by atoms with E-state index in [9.17, 15) is 14.0 Å². The SMILES string of the molecule is Cc1cc(CSc2ccccc2F)cc(C(=O)NC2C=CC(C=O)=CN2)c1. The number of hydrogen-bond acceptors (Lipinski definition) is 4. The molecule has 3 rings (SSSR count). The van der Waals surface area contributed by atoms with Gasteiger partial charge in [-0.1, -0.05) is 29.8 Å². The topological polar surface area (TPSA) is 58.2 Å². The van der Waals surface area contributed by atoms with E-state index < -0.39 is 0 Å². The van der Waals surface area contributed by atoms with E-state index in [2.05, 4.69) is 10.6 Å². The molecule has 6 heteroatoms. The van der Waals surface area contributed by atoms with Crippen molar-refractivity contribution in [2.45, 2.75) is 23.7 Å². The van der Waals surface area contributed by atoms with Gasteiger partial charge in [-0.2, -0.15) is 0 Å². The smallest absolute Gasteiger partial charge is 0.253 e. The van der Waals surface area contributed by atoms with Crippen LogP contribution in [0.1, 0.15) is 21.5 Å². The highest BCUT2D eigenvalue weighted by molar-refractivity contribution is 7.98. The van der Waals surface area contributed by atoms with Crippen molar-refractivity contribution in [2.75, 3.05) is 0 Å². The molecule has 1 atom stereocenters. The van der Waals surface area contributed by atoms with Gasteiger partial charge < -0.3 is 10.6 Å². The van der Waals surface area contributed by atoms with E-state index >= 15 is 0 Å². The molecule has 0 fully saturated rings. The molecular formula is C21H19FN2O2S. The fourth-order valence-corrected chi connectivity index (χ4v) is 3.55. The van der Waals surface area contributed by atoms with Crippen molar-refractivity contribution in [3.63, 3.8) is 0 Å². The minimum absolute atomic E-state index is 0.221. The van der Waals surface area contributed by atoms with Crippen LogP contribution in [-0.4, -0.2) is 18.4 Å². The highest BCUT2D eigenvalue weighted by Crippen LogP contribution is 2.26. The number of hydrogen-bond donors (Lipinski definition) is 2. The first-order valence-corrected chi connectivity index (χ1v) is 9.42. The summed E-state index contributed by atoms with van der Waals surface area (Å²) in [5.41, 5.74) is 2.97. The minimum Gasteiger partial charge on any atom is -0.367 e. The molecule has 27 heavy (non-hydrogen) atoms. The summed E-state index contributed by atoms with van der Waals surface area (Å²) in [6.45, 7) is 1.92. The molecule has 4 nitrogen and oxygen atoms in total. The first kappa shape index (κ1) is 18.9. The normalized spacial score (nSPS) is 15.6. The summed E-state index contributed by atoms with van der Waals surface area (Å²) in [7, 11) is 0. The van der Waals surface area contributed by atoms with Crippen molar-refractivity contribution in [3.05, 3.63) is 88.9 Å². The van der Waals surface area contributed by atoms with Crippen LogP contribution >= 0.6 is 11.8 Å². The molecule has 138 valence electrons. The molecule has 0 saturated carbocycles. The zero-order chi connectivity index (χ0) is 19.2. The predicted molar refractivity (Wildman–Crippen MR) is 105 cm³/mol. The van der Waals surface area contributed by atoms with Gasteiger partial charge in [-0.05, 0) is 42.8 Å². The Bertz CT molecular complexity index is 924. The van der Waals surface area contributed by atoms with Crippen LogP contribution in [0, 0.1) is 12.7 Å². The molecule has 1 aliphatic heterocycles. The molecule has 0 saturated heterocycles. The number of halogens is 1. The summed E-state index contributed by atoms with van der Waals surface area (Å²) < 4.78 is 13.8. The van der Waals surface area contributed by atoms with E-state index in [0.717, 1.165) is 17.4 Å². The van der Waals surface area contributed by atoms with E-state index in [0.29, 0.717) is 21.8 Å². The van der Waals surface area contributed by atoms with E-state index in [1.807, 2.05) is 25.1 Å². The third kappa shape index (κ3) is 5.08. The fraction of sp³-hybridized carbons (Fsp3) is 0.143. The van der Waals surface area contributed by atoms with Crippen molar-refractivity contribution in [2.24, 2.45) is 0 Å². The number of allylic oxidation sites excluding steroid dienone is 2. The zero-order valence-electron chi connectivity index (χ0n) is 14.7. The average Bonchev–Trinajstić information content (AvgIpc) is 2.67. The first-order chi connectivity index (χ1) is 13.0. The van der Waals surface area contributed by atoms with Crippen LogP contribution in [0.2, 0.25) is 0 Å². The molecule has 2 N–H and O–H groups in total. The zero-order valence-corrected chi connectivity index (χ0v) is 15.6. The molecular weight excluding hydrogens is 363 g/mol. The summed E-state index contributed by atoms with van der Waals surface area (Å²) in [5, 5.41) is 5.80. The molecule has 0 bridgehead atoms. The van der Waals surface area contributed by atoms with Crippen molar-refractivity contribution in [1.29, 1.82) is 0 Å². The summed E-state index contributed by atoms with van der Waals surface area (Å²) >= 11 is 1.40. The molecule has 0 spiro atoms. The van der Waals surface area contributed by atoms with Gasteiger partial charge in [-0.15, -0.1) is 11.8 Å². The monoisotopic (exact) mass is 382 g/mol. The van der Waals surface area contributed by atoms with Gasteiger partial charge in [0.25, 0.3) is 5.91 Å². The number of amides is 1. The number of aryl methyl sites for hydroxylation is 1. The van der Waals surface area contributed by atoms with Gasteiger partial charge >= 0.3 is 0 Å². The van der Waals surface area contributed by atoms with Gasteiger partial charge in [0.1, 0.15) is 12.0 Å². The number of benzene rings is 2. The van der Waals surface area contributed by atoms with Crippen molar-refractivity contribution in [1.82, 2.24) is 10.6 Å². The van der Waals surface area contributed by atoms with E-state index in [4.69, 9.17) is 0 Å². The van der Waals surface area contributed by atoms with Crippen molar-refractivity contribution >= 4 is 24.0 Å². The molecule has 1 amide bonds. The maximum atomic E-state index is 13.8. The molecule has 2 aromatic rings. The first-order valence-electron chi connectivity index (χ1n) is 8.43. The molecule has 1 unspecified atom stereocenters.